The Morgan fingerprint density at radius 1 is 1.58 bits per heavy atom. The van der Waals surface area contributed by atoms with Gasteiger partial charge in [0.05, 0.1) is 10.6 Å². The second-order valence-electron chi connectivity index (χ2n) is 5.01. The van der Waals surface area contributed by atoms with Crippen LogP contribution in [0.2, 0.25) is 0 Å². The molecule has 5 nitrogen and oxygen atoms in total. The van der Waals surface area contributed by atoms with Gasteiger partial charge in [-0.3, -0.25) is 10.1 Å². The van der Waals surface area contributed by atoms with Crippen LogP contribution in [0.25, 0.3) is 0 Å². The average molecular weight is 328 g/mol. The number of anilines is 1. The molecule has 0 amide bonds. The van der Waals surface area contributed by atoms with Crippen LogP contribution >= 0.6 is 15.9 Å². The van der Waals surface area contributed by atoms with Gasteiger partial charge in [0.1, 0.15) is 0 Å². The molecule has 1 N–H and O–H groups in total. The van der Waals surface area contributed by atoms with Crippen LogP contribution in [0.15, 0.2) is 16.6 Å². The van der Waals surface area contributed by atoms with Crippen LogP contribution in [-0.4, -0.2) is 31.6 Å². The van der Waals surface area contributed by atoms with E-state index in [1.807, 2.05) is 13.1 Å². The highest BCUT2D eigenvalue weighted by atomic mass is 79.9. The minimum Gasteiger partial charge on any atom is -0.370 e. The zero-order valence-electron chi connectivity index (χ0n) is 11.1. The first kappa shape index (κ1) is 14.3. The van der Waals surface area contributed by atoms with Gasteiger partial charge in [-0.15, -0.1) is 0 Å². The van der Waals surface area contributed by atoms with E-state index in [4.69, 9.17) is 0 Å². The molecular formula is C13H18BrN3O2. The van der Waals surface area contributed by atoms with E-state index in [1.165, 1.54) is 0 Å². The number of nitrogens with zero attached hydrogens (tertiary/aromatic N) is 2. The fraction of sp³-hybridized carbons (Fsp3) is 0.538. The maximum Gasteiger partial charge on any atom is 0.273 e. The summed E-state index contributed by atoms with van der Waals surface area (Å²) in [6.45, 7) is 4.80. The summed E-state index contributed by atoms with van der Waals surface area (Å²) in [5.41, 5.74) is 1.93. The van der Waals surface area contributed by atoms with Crippen molar-refractivity contribution in [1.82, 2.24) is 5.32 Å². The standard InChI is InChI=1S/C13H18BrN3O2/c1-9-5-13(11(14)6-12(9)17(18)19)16-4-3-10(8-16)7-15-2/h5-6,10,15H,3-4,7-8H2,1-2H3. The summed E-state index contributed by atoms with van der Waals surface area (Å²) in [5.74, 6) is 0.646. The molecule has 104 valence electrons. The van der Waals surface area contributed by atoms with E-state index in [9.17, 15) is 10.1 Å². The molecule has 19 heavy (non-hydrogen) atoms. The molecule has 0 aromatic heterocycles. The van der Waals surface area contributed by atoms with Crippen LogP contribution in [0.4, 0.5) is 11.4 Å². The van der Waals surface area contributed by atoms with E-state index in [0.717, 1.165) is 36.2 Å². The van der Waals surface area contributed by atoms with Crippen molar-refractivity contribution in [3.8, 4) is 0 Å². The molecular weight excluding hydrogens is 310 g/mol. The molecule has 0 saturated carbocycles. The van der Waals surface area contributed by atoms with Crippen LogP contribution in [0.1, 0.15) is 12.0 Å². The van der Waals surface area contributed by atoms with Crippen molar-refractivity contribution in [2.45, 2.75) is 13.3 Å². The van der Waals surface area contributed by atoms with Gasteiger partial charge in [-0.25, -0.2) is 0 Å². The van der Waals surface area contributed by atoms with Gasteiger partial charge in [0, 0.05) is 29.2 Å². The second-order valence-corrected chi connectivity index (χ2v) is 5.86. The average Bonchev–Trinajstić information content (AvgIpc) is 2.80. The summed E-state index contributed by atoms with van der Waals surface area (Å²) in [4.78, 5) is 12.9. The minimum atomic E-state index is -0.336. The summed E-state index contributed by atoms with van der Waals surface area (Å²) in [6.07, 6.45) is 1.16. The number of halogens is 1. The summed E-state index contributed by atoms with van der Waals surface area (Å²) in [5, 5.41) is 14.1. The Morgan fingerprint density at radius 2 is 2.32 bits per heavy atom. The zero-order chi connectivity index (χ0) is 14.0. The van der Waals surface area contributed by atoms with Gasteiger partial charge in [0.25, 0.3) is 5.69 Å². The SMILES string of the molecule is CNCC1CCN(c2cc(C)c([N+](=O)[O-])cc2Br)C1. The van der Waals surface area contributed by atoms with Gasteiger partial charge in [-0.1, -0.05) is 0 Å². The zero-order valence-corrected chi connectivity index (χ0v) is 12.7. The highest BCUT2D eigenvalue weighted by Crippen LogP contribution is 2.35. The molecule has 0 radical (unpaired) electrons. The minimum absolute atomic E-state index is 0.168. The van der Waals surface area contributed by atoms with Crippen LogP contribution in [0, 0.1) is 23.0 Å². The number of nitro benzene ring substituents is 1. The van der Waals surface area contributed by atoms with E-state index in [1.54, 1.807) is 13.0 Å². The number of hydrogen-bond acceptors (Lipinski definition) is 4. The number of benzene rings is 1. The first-order valence-corrected chi connectivity index (χ1v) is 7.16. The molecule has 1 saturated heterocycles. The third-order valence-corrected chi connectivity index (χ3v) is 4.22. The number of aryl methyl sites for hydroxylation is 1. The lowest BCUT2D eigenvalue weighted by Gasteiger charge is -2.21. The molecule has 1 aromatic rings. The van der Waals surface area contributed by atoms with Crippen molar-refractivity contribution in [3.63, 3.8) is 0 Å². The third-order valence-electron chi connectivity index (χ3n) is 3.58. The van der Waals surface area contributed by atoms with Crippen molar-refractivity contribution >= 4 is 27.3 Å². The lowest BCUT2D eigenvalue weighted by atomic mass is 10.1. The molecule has 1 unspecified atom stereocenters. The Balaban J connectivity index is 2.22. The van der Waals surface area contributed by atoms with Crippen molar-refractivity contribution < 1.29 is 4.92 Å². The summed E-state index contributed by atoms with van der Waals surface area (Å²) in [6, 6.07) is 3.51. The molecule has 1 atom stereocenters. The fourth-order valence-electron chi connectivity index (χ4n) is 2.60. The number of nitrogens with one attached hydrogen (secondary N) is 1. The van der Waals surface area contributed by atoms with Gasteiger partial charge in [-0.2, -0.15) is 0 Å². The maximum absolute atomic E-state index is 10.9. The monoisotopic (exact) mass is 327 g/mol. The molecule has 2 rings (SSSR count). The largest absolute Gasteiger partial charge is 0.370 e. The van der Waals surface area contributed by atoms with Gasteiger partial charge in [0.2, 0.25) is 0 Å². The predicted molar refractivity (Wildman–Crippen MR) is 79.8 cm³/mol. The molecule has 1 aliphatic rings. The van der Waals surface area contributed by atoms with E-state index in [2.05, 4.69) is 26.1 Å². The lowest BCUT2D eigenvalue weighted by molar-refractivity contribution is -0.385. The van der Waals surface area contributed by atoms with E-state index < -0.39 is 0 Å². The summed E-state index contributed by atoms with van der Waals surface area (Å²) < 4.78 is 0.801. The van der Waals surface area contributed by atoms with Gasteiger partial charge in [-0.05, 0) is 54.9 Å². The van der Waals surface area contributed by atoms with Crippen LogP contribution in [0.5, 0.6) is 0 Å². The molecule has 0 aliphatic carbocycles. The Labute approximate surface area is 121 Å². The lowest BCUT2D eigenvalue weighted by Crippen LogP contribution is -2.24. The first-order valence-electron chi connectivity index (χ1n) is 6.37. The number of rotatable bonds is 4. The highest BCUT2D eigenvalue weighted by molar-refractivity contribution is 9.10. The normalized spacial score (nSPS) is 18.9. The van der Waals surface area contributed by atoms with Crippen LogP contribution in [-0.2, 0) is 0 Å². The van der Waals surface area contributed by atoms with Crippen LogP contribution < -0.4 is 10.2 Å². The molecule has 1 fully saturated rings. The van der Waals surface area contributed by atoms with Gasteiger partial charge >= 0.3 is 0 Å². The summed E-state index contributed by atoms with van der Waals surface area (Å²) in [7, 11) is 1.97. The third kappa shape index (κ3) is 3.06. The van der Waals surface area contributed by atoms with Gasteiger partial charge in [0.15, 0.2) is 0 Å². The van der Waals surface area contributed by atoms with E-state index in [-0.39, 0.29) is 10.6 Å². The first-order chi connectivity index (χ1) is 9.02. The van der Waals surface area contributed by atoms with E-state index in [0.29, 0.717) is 11.5 Å². The summed E-state index contributed by atoms with van der Waals surface area (Å²) >= 11 is 3.46. The molecule has 1 aromatic carbocycles. The molecule has 0 spiro atoms. The topological polar surface area (TPSA) is 58.4 Å². The smallest absolute Gasteiger partial charge is 0.273 e. The Hall–Kier alpha value is -1.14. The second kappa shape index (κ2) is 5.88. The molecule has 1 heterocycles. The van der Waals surface area contributed by atoms with Crippen LogP contribution in [0.3, 0.4) is 0 Å². The van der Waals surface area contributed by atoms with Crippen molar-refractivity contribution in [3.05, 3.63) is 32.3 Å². The van der Waals surface area contributed by atoms with Crippen molar-refractivity contribution in [2.75, 3.05) is 31.6 Å². The maximum atomic E-state index is 10.9. The Morgan fingerprint density at radius 3 is 2.95 bits per heavy atom. The van der Waals surface area contributed by atoms with Crippen molar-refractivity contribution in [2.24, 2.45) is 5.92 Å². The number of hydrogen-bond donors (Lipinski definition) is 1. The van der Waals surface area contributed by atoms with E-state index >= 15 is 0 Å². The fourth-order valence-corrected chi connectivity index (χ4v) is 3.18. The van der Waals surface area contributed by atoms with Crippen molar-refractivity contribution in [1.29, 1.82) is 0 Å². The molecule has 1 aliphatic heterocycles. The highest BCUT2D eigenvalue weighted by Gasteiger charge is 2.25. The Bertz CT molecular complexity index is 493. The molecule has 6 heteroatoms. The Kier molecular flexibility index (Phi) is 4.42. The number of nitro groups is 1. The molecule has 0 bridgehead atoms. The quantitative estimate of drug-likeness (QED) is 0.682. The predicted octanol–water partition coefficient (Wildman–Crippen LogP) is 2.71. The van der Waals surface area contributed by atoms with Gasteiger partial charge < -0.3 is 10.2 Å².